The number of H-pyrrole nitrogens is 1. The summed E-state index contributed by atoms with van der Waals surface area (Å²) in [7, 11) is 0. The molecule has 0 radical (unpaired) electrons. The van der Waals surface area contributed by atoms with Crippen LogP contribution in [0, 0.1) is 13.8 Å². The van der Waals surface area contributed by atoms with Crippen LogP contribution in [0.25, 0.3) is 5.69 Å². The van der Waals surface area contributed by atoms with E-state index in [1.165, 1.54) is 0 Å². The van der Waals surface area contributed by atoms with Gasteiger partial charge in [0.15, 0.2) is 0 Å². The van der Waals surface area contributed by atoms with Gasteiger partial charge in [-0.05, 0) is 13.8 Å². The molecule has 4 nitrogen and oxygen atoms in total. The van der Waals surface area contributed by atoms with Gasteiger partial charge >= 0.3 is 0 Å². The van der Waals surface area contributed by atoms with Crippen LogP contribution in [0.1, 0.15) is 17.1 Å². The standard InChI is InChI=1S/C9H11ClN4/c1-6-9(7(2)13-12-6)14-4-8(3-10)11-5-14/h4-5H,3H2,1-2H3,(H,12,13). The van der Waals surface area contributed by atoms with Crippen molar-refractivity contribution < 1.29 is 0 Å². The number of hydrogen-bond donors (Lipinski definition) is 1. The first-order chi connectivity index (χ1) is 6.72. The highest BCUT2D eigenvalue weighted by Crippen LogP contribution is 2.16. The first kappa shape index (κ1) is 9.27. The number of aromatic amines is 1. The third-order valence-corrected chi connectivity index (χ3v) is 2.39. The predicted molar refractivity (Wildman–Crippen MR) is 54.7 cm³/mol. The summed E-state index contributed by atoms with van der Waals surface area (Å²) in [5.74, 6) is 0.433. The van der Waals surface area contributed by atoms with Crippen LogP contribution in [0.5, 0.6) is 0 Å². The van der Waals surface area contributed by atoms with Crippen molar-refractivity contribution in [2.75, 3.05) is 0 Å². The monoisotopic (exact) mass is 210 g/mol. The highest BCUT2D eigenvalue weighted by Gasteiger charge is 2.08. The Bertz CT molecular complexity index is 424. The highest BCUT2D eigenvalue weighted by molar-refractivity contribution is 6.16. The van der Waals surface area contributed by atoms with E-state index >= 15 is 0 Å². The van der Waals surface area contributed by atoms with Crippen LogP contribution >= 0.6 is 11.6 Å². The molecule has 0 aliphatic heterocycles. The van der Waals surface area contributed by atoms with E-state index in [1.807, 2.05) is 24.6 Å². The Morgan fingerprint density at radius 1 is 1.50 bits per heavy atom. The first-order valence-electron chi connectivity index (χ1n) is 4.33. The molecule has 0 unspecified atom stereocenters. The summed E-state index contributed by atoms with van der Waals surface area (Å²) < 4.78 is 1.94. The van der Waals surface area contributed by atoms with Crippen LogP contribution in [0.15, 0.2) is 12.5 Å². The van der Waals surface area contributed by atoms with Gasteiger partial charge in [0.1, 0.15) is 0 Å². The molecule has 0 spiro atoms. The number of nitrogens with zero attached hydrogens (tertiary/aromatic N) is 3. The van der Waals surface area contributed by atoms with Crippen molar-refractivity contribution in [3.8, 4) is 5.69 Å². The van der Waals surface area contributed by atoms with Crippen LogP contribution in [0.3, 0.4) is 0 Å². The molecule has 0 aromatic carbocycles. The second kappa shape index (κ2) is 3.46. The number of rotatable bonds is 2. The normalized spacial score (nSPS) is 10.8. The Morgan fingerprint density at radius 3 is 2.79 bits per heavy atom. The van der Waals surface area contributed by atoms with Gasteiger partial charge < -0.3 is 4.57 Å². The third-order valence-electron chi connectivity index (χ3n) is 2.12. The number of aryl methyl sites for hydroxylation is 2. The van der Waals surface area contributed by atoms with Crippen molar-refractivity contribution in [2.24, 2.45) is 0 Å². The number of hydrogen-bond acceptors (Lipinski definition) is 2. The number of alkyl halides is 1. The van der Waals surface area contributed by atoms with E-state index in [1.54, 1.807) is 6.33 Å². The maximum absolute atomic E-state index is 5.68. The topological polar surface area (TPSA) is 46.5 Å². The lowest BCUT2D eigenvalue weighted by Gasteiger charge is -2.00. The third kappa shape index (κ3) is 1.42. The summed E-state index contributed by atoms with van der Waals surface area (Å²) in [6.07, 6.45) is 3.67. The lowest BCUT2D eigenvalue weighted by molar-refractivity contribution is 1.02. The first-order valence-corrected chi connectivity index (χ1v) is 4.86. The van der Waals surface area contributed by atoms with Crippen LogP contribution in [-0.2, 0) is 5.88 Å². The van der Waals surface area contributed by atoms with E-state index in [2.05, 4.69) is 15.2 Å². The quantitative estimate of drug-likeness (QED) is 0.771. The molecule has 14 heavy (non-hydrogen) atoms. The van der Waals surface area contributed by atoms with E-state index in [0.717, 1.165) is 22.8 Å². The minimum absolute atomic E-state index is 0.433. The zero-order valence-electron chi connectivity index (χ0n) is 8.08. The molecule has 1 N–H and O–H groups in total. The molecule has 0 atom stereocenters. The number of nitrogens with one attached hydrogen (secondary N) is 1. The van der Waals surface area contributed by atoms with Crippen molar-refractivity contribution in [3.63, 3.8) is 0 Å². The van der Waals surface area contributed by atoms with Crippen molar-refractivity contribution in [1.82, 2.24) is 19.7 Å². The molecule has 2 heterocycles. The summed E-state index contributed by atoms with van der Waals surface area (Å²) in [5.41, 5.74) is 3.91. The van der Waals surface area contributed by atoms with E-state index in [0.29, 0.717) is 5.88 Å². The maximum Gasteiger partial charge on any atom is 0.0996 e. The van der Waals surface area contributed by atoms with Crippen molar-refractivity contribution in [1.29, 1.82) is 0 Å². The summed E-state index contributed by atoms with van der Waals surface area (Å²) in [4.78, 5) is 4.16. The van der Waals surface area contributed by atoms with Crippen LogP contribution in [0.2, 0.25) is 0 Å². The minimum atomic E-state index is 0.433. The van der Waals surface area contributed by atoms with Crippen molar-refractivity contribution >= 4 is 11.6 Å². The molecule has 0 fully saturated rings. The maximum atomic E-state index is 5.68. The van der Waals surface area contributed by atoms with Gasteiger partial charge in [-0.15, -0.1) is 11.6 Å². The lowest BCUT2D eigenvalue weighted by Crippen LogP contribution is -1.93. The zero-order valence-corrected chi connectivity index (χ0v) is 8.84. The average molecular weight is 211 g/mol. The van der Waals surface area contributed by atoms with Gasteiger partial charge in [0.2, 0.25) is 0 Å². The van der Waals surface area contributed by atoms with Crippen LogP contribution < -0.4 is 0 Å². The smallest absolute Gasteiger partial charge is 0.0996 e. The van der Waals surface area contributed by atoms with Gasteiger partial charge in [0.05, 0.1) is 35.0 Å². The van der Waals surface area contributed by atoms with E-state index in [-0.39, 0.29) is 0 Å². The predicted octanol–water partition coefficient (Wildman–Crippen LogP) is 1.95. The molecule has 2 aromatic rings. The second-order valence-corrected chi connectivity index (χ2v) is 3.46. The lowest BCUT2D eigenvalue weighted by atomic mass is 10.3. The molecule has 2 rings (SSSR count). The van der Waals surface area contributed by atoms with E-state index < -0.39 is 0 Å². The Labute approximate surface area is 86.9 Å². The number of aromatic nitrogens is 4. The second-order valence-electron chi connectivity index (χ2n) is 3.19. The molecule has 0 amide bonds. The molecular weight excluding hydrogens is 200 g/mol. The molecule has 74 valence electrons. The Morgan fingerprint density at radius 2 is 2.29 bits per heavy atom. The average Bonchev–Trinajstić information content (AvgIpc) is 2.73. The van der Waals surface area contributed by atoms with Gasteiger partial charge in [0, 0.05) is 6.20 Å². The summed E-state index contributed by atoms with van der Waals surface area (Å²) >= 11 is 5.68. The van der Waals surface area contributed by atoms with Crippen molar-refractivity contribution in [3.05, 3.63) is 29.6 Å². The number of imidazole rings is 1. The minimum Gasteiger partial charge on any atom is -0.302 e. The zero-order chi connectivity index (χ0) is 10.1. The van der Waals surface area contributed by atoms with Crippen LogP contribution in [0.4, 0.5) is 0 Å². The van der Waals surface area contributed by atoms with Gasteiger partial charge in [-0.25, -0.2) is 4.98 Å². The molecule has 0 saturated heterocycles. The van der Waals surface area contributed by atoms with Gasteiger partial charge in [0.25, 0.3) is 0 Å². The summed E-state index contributed by atoms with van der Waals surface area (Å²) in [5, 5.41) is 7.05. The molecule has 0 aliphatic carbocycles. The molecule has 5 heteroatoms. The molecule has 0 bridgehead atoms. The SMILES string of the molecule is Cc1n[nH]c(C)c1-n1cnc(CCl)c1. The Balaban J connectivity index is 2.48. The number of halogens is 1. The van der Waals surface area contributed by atoms with Crippen LogP contribution in [-0.4, -0.2) is 19.7 Å². The fourth-order valence-corrected chi connectivity index (χ4v) is 1.62. The van der Waals surface area contributed by atoms with E-state index in [4.69, 9.17) is 11.6 Å². The summed E-state index contributed by atoms with van der Waals surface area (Å²) in [6, 6.07) is 0. The molecule has 0 aliphatic rings. The molecule has 0 saturated carbocycles. The van der Waals surface area contributed by atoms with Gasteiger partial charge in [-0.1, -0.05) is 0 Å². The molecule has 2 aromatic heterocycles. The van der Waals surface area contributed by atoms with Gasteiger partial charge in [-0.2, -0.15) is 5.10 Å². The highest BCUT2D eigenvalue weighted by atomic mass is 35.5. The van der Waals surface area contributed by atoms with Crippen molar-refractivity contribution in [2.45, 2.75) is 19.7 Å². The fraction of sp³-hybridized carbons (Fsp3) is 0.333. The Kier molecular flexibility index (Phi) is 2.29. The van der Waals surface area contributed by atoms with E-state index in [9.17, 15) is 0 Å². The largest absolute Gasteiger partial charge is 0.302 e. The summed E-state index contributed by atoms with van der Waals surface area (Å²) in [6.45, 7) is 3.94. The molecular formula is C9H11ClN4. The Hall–Kier alpha value is -1.29. The fourth-order valence-electron chi connectivity index (χ4n) is 1.48. The van der Waals surface area contributed by atoms with Gasteiger partial charge in [-0.3, -0.25) is 5.10 Å².